The van der Waals surface area contributed by atoms with Crippen molar-refractivity contribution >= 4 is 6.21 Å². The maximum atomic E-state index is 4.52. The third kappa shape index (κ3) is 5.87. The first-order chi connectivity index (χ1) is 9.31. The maximum absolute atomic E-state index is 4.52. The highest BCUT2D eigenvalue weighted by molar-refractivity contribution is 5.81. The van der Waals surface area contributed by atoms with Gasteiger partial charge in [-0.05, 0) is 37.0 Å². The third-order valence-corrected chi connectivity index (χ3v) is 3.47. The van der Waals surface area contributed by atoms with E-state index in [1.54, 1.807) is 0 Å². The molecule has 1 unspecified atom stereocenters. The Balaban J connectivity index is 2.86. The SMILES string of the molecule is C=CC(CCCCC)C1=C/C(=C/C)/C=C\CC/N=C\1. The van der Waals surface area contributed by atoms with Gasteiger partial charge in [-0.25, -0.2) is 0 Å². The molecule has 0 N–H and O–H groups in total. The fraction of sp³-hybridized carbons (Fsp3) is 0.500. The molecule has 0 spiro atoms. The quantitative estimate of drug-likeness (QED) is 0.454. The van der Waals surface area contributed by atoms with Crippen molar-refractivity contribution < 1.29 is 0 Å². The summed E-state index contributed by atoms with van der Waals surface area (Å²) in [6.45, 7) is 9.21. The Hall–Kier alpha value is -1.37. The molecule has 1 nitrogen and oxygen atoms in total. The van der Waals surface area contributed by atoms with Crippen molar-refractivity contribution in [1.29, 1.82) is 0 Å². The van der Waals surface area contributed by atoms with Crippen LogP contribution in [0.15, 0.2) is 53.1 Å². The summed E-state index contributed by atoms with van der Waals surface area (Å²) in [6.07, 6.45) is 18.9. The van der Waals surface area contributed by atoms with Gasteiger partial charge in [0.2, 0.25) is 0 Å². The zero-order valence-electron chi connectivity index (χ0n) is 12.4. The highest BCUT2D eigenvalue weighted by atomic mass is 14.7. The van der Waals surface area contributed by atoms with Gasteiger partial charge in [-0.2, -0.15) is 0 Å². The summed E-state index contributed by atoms with van der Waals surface area (Å²) >= 11 is 0. The second kappa shape index (κ2) is 9.55. The van der Waals surface area contributed by atoms with Crippen molar-refractivity contribution in [3.63, 3.8) is 0 Å². The number of allylic oxidation sites excluding steroid dienone is 6. The fourth-order valence-electron chi connectivity index (χ4n) is 2.23. The predicted molar refractivity (Wildman–Crippen MR) is 86.8 cm³/mol. The molecule has 104 valence electrons. The molecule has 0 fully saturated rings. The van der Waals surface area contributed by atoms with Gasteiger partial charge in [0, 0.05) is 18.7 Å². The Bertz CT molecular complexity index is 382. The first-order valence-electron chi connectivity index (χ1n) is 7.48. The van der Waals surface area contributed by atoms with Gasteiger partial charge in [0.05, 0.1) is 0 Å². The van der Waals surface area contributed by atoms with Crippen LogP contribution in [0.25, 0.3) is 0 Å². The zero-order chi connectivity index (χ0) is 13.9. The molecule has 1 rings (SSSR count). The van der Waals surface area contributed by atoms with Crippen molar-refractivity contribution in [2.24, 2.45) is 10.9 Å². The fourth-order valence-corrected chi connectivity index (χ4v) is 2.23. The van der Waals surface area contributed by atoms with E-state index in [9.17, 15) is 0 Å². The van der Waals surface area contributed by atoms with Gasteiger partial charge in [0.15, 0.2) is 0 Å². The average Bonchev–Trinajstić information content (AvgIpc) is 2.55. The number of nitrogens with zero attached hydrogens (tertiary/aromatic N) is 1. The summed E-state index contributed by atoms with van der Waals surface area (Å²) in [6, 6.07) is 0. The molecule has 0 aliphatic carbocycles. The summed E-state index contributed by atoms with van der Waals surface area (Å²) in [7, 11) is 0. The molecule has 1 aliphatic heterocycles. The van der Waals surface area contributed by atoms with Crippen LogP contribution in [0, 0.1) is 5.92 Å². The molecule has 1 aliphatic rings. The third-order valence-electron chi connectivity index (χ3n) is 3.47. The second-order valence-electron chi connectivity index (χ2n) is 5.00. The number of rotatable bonds is 6. The van der Waals surface area contributed by atoms with Crippen LogP contribution < -0.4 is 0 Å². The van der Waals surface area contributed by atoms with Crippen LogP contribution >= 0.6 is 0 Å². The van der Waals surface area contributed by atoms with Crippen LogP contribution in [0.4, 0.5) is 0 Å². The molecule has 0 saturated heterocycles. The van der Waals surface area contributed by atoms with Crippen molar-refractivity contribution in [3.8, 4) is 0 Å². The van der Waals surface area contributed by atoms with Crippen molar-refractivity contribution in [1.82, 2.24) is 0 Å². The van der Waals surface area contributed by atoms with Crippen LogP contribution in [0.1, 0.15) is 46.0 Å². The molecule has 0 aromatic rings. The molecule has 1 atom stereocenters. The molecule has 0 amide bonds. The second-order valence-corrected chi connectivity index (χ2v) is 5.00. The minimum absolute atomic E-state index is 0.428. The molecule has 0 bridgehead atoms. The van der Waals surface area contributed by atoms with Crippen LogP contribution in [0.2, 0.25) is 0 Å². The topological polar surface area (TPSA) is 12.4 Å². The van der Waals surface area contributed by atoms with Crippen LogP contribution in [0.3, 0.4) is 0 Å². The maximum Gasteiger partial charge on any atom is 0.0424 e. The van der Waals surface area contributed by atoms with Crippen molar-refractivity contribution in [2.45, 2.75) is 46.0 Å². The van der Waals surface area contributed by atoms with Gasteiger partial charge < -0.3 is 0 Å². The van der Waals surface area contributed by atoms with Gasteiger partial charge in [-0.1, -0.05) is 50.5 Å². The zero-order valence-corrected chi connectivity index (χ0v) is 12.4. The summed E-state index contributed by atoms with van der Waals surface area (Å²) in [5.74, 6) is 0.428. The summed E-state index contributed by atoms with van der Waals surface area (Å²) < 4.78 is 0. The molecule has 0 saturated carbocycles. The Morgan fingerprint density at radius 2 is 2.26 bits per heavy atom. The minimum Gasteiger partial charge on any atom is -0.293 e. The van der Waals surface area contributed by atoms with Gasteiger partial charge in [0.25, 0.3) is 0 Å². The van der Waals surface area contributed by atoms with Gasteiger partial charge in [0.1, 0.15) is 0 Å². The Morgan fingerprint density at radius 1 is 1.42 bits per heavy atom. The molecular weight excluding hydrogens is 230 g/mol. The minimum atomic E-state index is 0.428. The number of hydrogen-bond acceptors (Lipinski definition) is 1. The molecule has 0 radical (unpaired) electrons. The van der Waals surface area contributed by atoms with Crippen molar-refractivity contribution in [3.05, 3.63) is 48.1 Å². The highest BCUT2D eigenvalue weighted by Crippen LogP contribution is 2.21. The normalized spacial score (nSPS) is 25.6. The lowest BCUT2D eigenvalue weighted by Crippen LogP contribution is -2.03. The first kappa shape index (κ1) is 15.7. The van der Waals surface area contributed by atoms with Gasteiger partial charge in [-0.15, -0.1) is 6.58 Å². The lowest BCUT2D eigenvalue weighted by molar-refractivity contribution is 0.604. The van der Waals surface area contributed by atoms with E-state index in [1.807, 2.05) is 0 Å². The van der Waals surface area contributed by atoms with E-state index in [-0.39, 0.29) is 0 Å². The lowest BCUT2D eigenvalue weighted by atomic mass is 9.92. The van der Waals surface area contributed by atoms with E-state index in [0.29, 0.717) is 5.92 Å². The molecule has 0 aromatic carbocycles. The average molecular weight is 257 g/mol. The van der Waals surface area contributed by atoms with E-state index in [2.05, 4.69) is 62.0 Å². The summed E-state index contributed by atoms with van der Waals surface area (Å²) in [5.41, 5.74) is 2.57. The lowest BCUT2D eigenvalue weighted by Gasteiger charge is -2.13. The van der Waals surface area contributed by atoms with Crippen LogP contribution in [-0.2, 0) is 0 Å². The molecule has 19 heavy (non-hydrogen) atoms. The summed E-state index contributed by atoms with van der Waals surface area (Å²) in [4.78, 5) is 4.52. The standard InChI is InChI=1S/C18H27N/c1-4-7-8-12-17(6-3)18-14-16(5-2)11-9-10-13-19-15-18/h5-6,9,11,14-15,17H,3-4,7-8,10,12-13H2,1-2H3/b11-9-,16-5+,18-14+,19-15-. The van der Waals surface area contributed by atoms with Gasteiger partial charge in [-0.3, -0.25) is 4.99 Å². The number of hydrogen-bond donors (Lipinski definition) is 0. The molecule has 0 aromatic heterocycles. The van der Waals surface area contributed by atoms with Crippen LogP contribution in [0.5, 0.6) is 0 Å². The van der Waals surface area contributed by atoms with E-state index in [1.165, 1.54) is 36.8 Å². The summed E-state index contributed by atoms with van der Waals surface area (Å²) in [5, 5.41) is 0. The molecule has 1 heterocycles. The van der Waals surface area contributed by atoms with Gasteiger partial charge >= 0.3 is 0 Å². The van der Waals surface area contributed by atoms with Crippen molar-refractivity contribution in [2.75, 3.05) is 6.54 Å². The van der Waals surface area contributed by atoms with E-state index >= 15 is 0 Å². The Morgan fingerprint density at radius 3 is 2.95 bits per heavy atom. The first-order valence-corrected chi connectivity index (χ1v) is 7.48. The smallest absolute Gasteiger partial charge is 0.0424 e. The van der Waals surface area contributed by atoms with E-state index in [4.69, 9.17) is 0 Å². The molecule has 1 heteroatoms. The highest BCUT2D eigenvalue weighted by Gasteiger charge is 2.09. The Labute approximate surface area is 118 Å². The molecular formula is C18H27N. The van der Waals surface area contributed by atoms with E-state index < -0.39 is 0 Å². The van der Waals surface area contributed by atoms with E-state index in [0.717, 1.165) is 13.0 Å². The van der Waals surface area contributed by atoms with Crippen LogP contribution in [-0.4, -0.2) is 12.8 Å². The monoisotopic (exact) mass is 257 g/mol. The Kier molecular flexibility index (Phi) is 7.88. The number of aliphatic imine (C=N–C) groups is 1. The largest absolute Gasteiger partial charge is 0.293 e. The predicted octanol–water partition coefficient (Wildman–Crippen LogP) is 5.27. The number of unbranched alkanes of at least 4 members (excludes halogenated alkanes) is 2.